The molecule has 2 aromatic rings. The minimum atomic E-state index is -0.827. The molecule has 0 fully saturated rings. The van der Waals surface area contributed by atoms with Crippen LogP contribution >= 0.6 is 11.3 Å². The van der Waals surface area contributed by atoms with Crippen molar-refractivity contribution >= 4 is 17.3 Å². The zero-order chi connectivity index (χ0) is 14.0. The van der Waals surface area contributed by atoms with Crippen molar-refractivity contribution in [1.29, 1.82) is 0 Å². The first-order chi connectivity index (χ1) is 8.95. The Labute approximate surface area is 116 Å². The van der Waals surface area contributed by atoms with Crippen LogP contribution in [0.1, 0.15) is 32.3 Å². The second-order valence-electron chi connectivity index (χ2n) is 4.79. The molecular weight excluding hydrogens is 258 g/mol. The molecular formula is C15H17NO2S. The van der Waals surface area contributed by atoms with Gasteiger partial charge in [0.1, 0.15) is 5.01 Å². The number of thiazole rings is 1. The van der Waals surface area contributed by atoms with Crippen molar-refractivity contribution in [2.75, 3.05) is 0 Å². The summed E-state index contributed by atoms with van der Waals surface area (Å²) in [7, 11) is 0. The quantitative estimate of drug-likeness (QED) is 0.931. The lowest BCUT2D eigenvalue weighted by Crippen LogP contribution is -1.98. The molecule has 0 aliphatic rings. The highest BCUT2D eigenvalue weighted by Crippen LogP contribution is 2.24. The number of aryl methyl sites for hydroxylation is 3. The number of nitrogens with zero attached hydrogens (tertiary/aromatic N) is 1. The zero-order valence-electron chi connectivity index (χ0n) is 11.4. The third-order valence-electron chi connectivity index (χ3n) is 3.10. The maximum Gasteiger partial charge on any atom is 0.310 e. The Bertz CT molecular complexity index is 617. The van der Waals surface area contributed by atoms with Crippen LogP contribution in [-0.4, -0.2) is 16.1 Å². The van der Waals surface area contributed by atoms with Crippen LogP contribution in [0.3, 0.4) is 0 Å². The highest BCUT2D eigenvalue weighted by molar-refractivity contribution is 7.11. The fraction of sp³-hybridized carbons (Fsp3) is 0.333. The van der Waals surface area contributed by atoms with Crippen LogP contribution in [0.25, 0.3) is 0 Å². The van der Waals surface area contributed by atoms with Crippen molar-refractivity contribution in [1.82, 2.24) is 4.98 Å². The Morgan fingerprint density at radius 3 is 2.74 bits per heavy atom. The van der Waals surface area contributed by atoms with E-state index in [-0.39, 0.29) is 6.42 Å². The van der Waals surface area contributed by atoms with Crippen LogP contribution in [-0.2, 0) is 17.6 Å². The molecule has 0 radical (unpaired) electrons. The van der Waals surface area contributed by atoms with Gasteiger partial charge in [0, 0.05) is 11.3 Å². The SMILES string of the molecule is Cc1ccc(C)c(Cc2sc(CC(=O)O)nc2C)c1. The third-order valence-corrected chi connectivity index (χ3v) is 4.25. The van der Waals surface area contributed by atoms with Gasteiger partial charge in [0.05, 0.1) is 12.1 Å². The molecule has 1 N–H and O–H groups in total. The Hall–Kier alpha value is -1.68. The normalized spacial score (nSPS) is 10.7. The van der Waals surface area contributed by atoms with Gasteiger partial charge >= 0.3 is 5.97 Å². The minimum Gasteiger partial charge on any atom is -0.481 e. The van der Waals surface area contributed by atoms with E-state index in [1.165, 1.54) is 28.0 Å². The summed E-state index contributed by atoms with van der Waals surface area (Å²) in [5.74, 6) is -0.827. The number of aliphatic carboxylic acids is 1. The van der Waals surface area contributed by atoms with Gasteiger partial charge in [-0.2, -0.15) is 0 Å². The van der Waals surface area contributed by atoms with Gasteiger partial charge in [-0.15, -0.1) is 11.3 Å². The van der Waals surface area contributed by atoms with Gasteiger partial charge in [0.2, 0.25) is 0 Å². The summed E-state index contributed by atoms with van der Waals surface area (Å²) in [6, 6.07) is 6.42. The summed E-state index contributed by atoms with van der Waals surface area (Å²) in [5.41, 5.74) is 4.74. The van der Waals surface area contributed by atoms with E-state index < -0.39 is 5.97 Å². The second kappa shape index (κ2) is 5.53. The van der Waals surface area contributed by atoms with E-state index in [9.17, 15) is 4.79 Å². The molecule has 0 saturated carbocycles. The number of carboxylic acid groups (broad SMARTS) is 1. The standard InChI is InChI=1S/C15H17NO2S/c1-9-4-5-10(2)12(6-9)7-13-11(3)16-14(19-13)8-15(17)18/h4-6H,7-8H2,1-3H3,(H,17,18). The number of carboxylic acids is 1. The summed E-state index contributed by atoms with van der Waals surface area (Å²) >= 11 is 1.51. The molecule has 0 spiro atoms. The van der Waals surface area contributed by atoms with Crippen LogP contribution < -0.4 is 0 Å². The highest BCUT2D eigenvalue weighted by Gasteiger charge is 2.12. The molecule has 0 aliphatic heterocycles. The fourth-order valence-corrected chi connectivity index (χ4v) is 3.10. The molecule has 2 rings (SSSR count). The molecule has 0 atom stereocenters. The molecule has 1 aromatic carbocycles. The molecule has 1 aromatic heterocycles. The largest absolute Gasteiger partial charge is 0.481 e. The van der Waals surface area contributed by atoms with Gasteiger partial charge in [-0.05, 0) is 31.9 Å². The molecule has 0 aliphatic carbocycles. The molecule has 0 unspecified atom stereocenters. The smallest absolute Gasteiger partial charge is 0.310 e. The van der Waals surface area contributed by atoms with Crippen LogP contribution in [0.15, 0.2) is 18.2 Å². The molecule has 0 amide bonds. The topological polar surface area (TPSA) is 50.2 Å². The van der Waals surface area contributed by atoms with Crippen LogP contribution in [0, 0.1) is 20.8 Å². The first kappa shape index (κ1) is 13.7. The Balaban J connectivity index is 2.25. The van der Waals surface area contributed by atoms with Gasteiger partial charge in [0.25, 0.3) is 0 Å². The van der Waals surface area contributed by atoms with Gasteiger partial charge in [-0.25, -0.2) is 4.98 Å². The number of rotatable bonds is 4. The zero-order valence-corrected chi connectivity index (χ0v) is 12.2. The van der Waals surface area contributed by atoms with Crippen molar-refractivity contribution in [2.45, 2.75) is 33.6 Å². The average Bonchev–Trinajstić information content (AvgIpc) is 2.63. The molecule has 0 saturated heterocycles. The Morgan fingerprint density at radius 1 is 1.32 bits per heavy atom. The van der Waals surface area contributed by atoms with E-state index in [2.05, 4.69) is 37.0 Å². The Kier molecular flexibility index (Phi) is 4.00. The number of hydrogen-bond acceptors (Lipinski definition) is 3. The number of benzene rings is 1. The summed E-state index contributed by atoms with van der Waals surface area (Å²) < 4.78 is 0. The summed E-state index contributed by atoms with van der Waals surface area (Å²) in [6.45, 7) is 6.13. The summed E-state index contributed by atoms with van der Waals surface area (Å²) in [5, 5.41) is 9.49. The van der Waals surface area contributed by atoms with Crippen molar-refractivity contribution in [3.8, 4) is 0 Å². The van der Waals surface area contributed by atoms with Crippen molar-refractivity contribution in [3.05, 3.63) is 50.5 Å². The van der Waals surface area contributed by atoms with Gasteiger partial charge in [-0.1, -0.05) is 23.8 Å². The number of carbonyl (C=O) groups is 1. The van der Waals surface area contributed by atoms with E-state index in [0.29, 0.717) is 5.01 Å². The first-order valence-electron chi connectivity index (χ1n) is 6.19. The summed E-state index contributed by atoms with van der Waals surface area (Å²) in [4.78, 5) is 16.2. The second-order valence-corrected chi connectivity index (χ2v) is 5.96. The van der Waals surface area contributed by atoms with Crippen molar-refractivity contribution < 1.29 is 9.90 Å². The lowest BCUT2D eigenvalue weighted by atomic mass is 10.0. The van der Waals surface area contributed by atoms with Crippen molar-refractivity contribution in [3.63, 3.8) is 0 Å². The van der Waals surface area contributed by atoms with E-state index >= 15 is 0 Å². The molecule has 3 nitrogen and oxygen atoms in total. The molecule has 4 heteroatoms. The number of hydrogen-bond donors (Lipinski definition) is 1. The monoisotopic (exact) mass is 275 g/mol. The molecule has 0 bridgehead atoms. The number of aromatic nitrogens is 1. The lowest BCUT2D eigenvalue weighted by Gasteiger charge is -2.06. The predicted molar refractivity (Wildman–Crippen MR) is 76.9 cm³/mol. The molecule has 100 valence electrons. The molecule has 19 heavy (non-hydrogen) atoms. The third kappa shape index (κ3) is 3.41. The fourth-order valence-electron chi connectivity index (χ4n) is 2.02. The average molecular weight is 275 g/mol. The predicted octanol–water partition coefficient (Wildman–Crippen LogP) is 3.29. The maximum atomic E-state index is 10.7. The van der Waals surface area contributed by atoms with Gasteiger partial charge < -0.3 is 5.11 Å². The van der Waals surface area contributed by atoms with Gasteiger partial charge in [0.15, 0.2) is 0 Å². The minimum absolute atomic E-state index is 0.0122. The molecule has 1 heterocycles. The highest BCUT2D eigenvalue weighted by atomic mass is 32.1. The van der Waals surface area contributed by atoms with Crippen LogP contribution in [0.5, 0.6) is 0 Å². The van der Waals surface area contributed by atoms with E-state index in [0.717, 1.165) is 17.0 Å². The summed E-state index contributed by atoms with van der Waals surface area (Å²) in [6.07, 6.45) is 0.842. The van der Waals surface area contributed by atoms with Crippen molar-refractivity contribution in [2.24, 2.45) is 0 Å². The van der Waals surface area contributed by atoms with E-state index in [4.69, 9.17) is 5.11 Å². The maximum absolute atomic E-state index is 10.7. The van der Waals surface area contributed by atoms with E-state index in [1.54, 1.807) is 0 Å². The van der Waals surface area contributed by atoms with Crippen LogP contribution in [0.2, 0.25) is 0 Å². The van der Waals surface area contributed by atoms with E-state index in [1.807, 2.05) is 6.92 Å². The van der Waals surface area contributed by atoms with Crippen LogP contribution in [0.4, 0.5) is 0 Å². The first-order valence-corrected chi connectivity index (χ1v) is 7.00. The lowest BCUT2D eigenvalue weighted by molar-refractivity contribution is -0.136. The Morgan fingerprint density at radius 2 is 2.05 bits per heavy atom. The van der Waals surface area contributed by atoms with Gasteiger partial charge in [-0.3, -0.25) is 4.79 Å².